The fourth-order valence-electron chi connectivity index (χ4n) is 3.77. The SMILES string of the molecule is CCNC(CC(C)C(C)(C)C)C1CCOC2(CCC2)C1. The third kappa shape index (κ3) is 3.76. The van der Waals surface area contributed by atoms with Gasteiger partial charge < -0.3 is 10.1 Å². The monoisotopic (exact) mass is 281 g/mol. The molecule has 1 spiro atoms. The van der Waals surface area contributed by atoms with Crippen LogP contribution in [-0.4, -0.2) is 24.8 Å². The van der Waals surface area contributed by atoms with Gasteiger partial charge in [-0.2, -0.15) is 0 Å². The molecule has 2 heteroatoms. The van der Waals surface area contributed by atoms with Crippen molar-refractivity contribution in [3.8, 4) is 0 Å². The predicted octanol–water partition coefficient (Wildman–Crippen LogP) is 4.39. The largest absolute Gasteiger partial charge is 0.375 e. The van der Waals surface area contributed by atoms with Crippen molar-refractivity contribution in [1.29, 1.82) is 0 Å². The zero-order valence-electron chi connectivity index (χ0n) is 14.3. The normalized spacial score (nSPS) is 28.9. The Morgan fingerprint density at radius 2 is 2.00 bits per heavy atom. The summed E-state index contributed by atoms with van der Waals surface area (Å²) in [4.78, 5) is 0. The fraction of sp³-hybridized carbons (Fsp3) is 1.00. The first-order valence-corrected chi connectivity index (χ1v) is 8.74. The van der Waals surface area contributed by atoms with Gasteiger partial charge in [-0.15, -0.1) is 0 Å². The van der Waals surface area contributed by atoms with E-state index in [-0.39, 0.29) is 5.60 Å². The average Bonchev–Trinajstić information content (AvgIpc) is 2.35. The molecular formula is C18H35NO. The van der Waals surface area contributed by atoms with Crippen LogP contribution in [0.2, 0.25) is 0 Å². The van der Waals surface area contributed by atoms with E-state index in [9.17, 15) is 0 Å². The fourth-order valence-corrected chi connectivity index (χ4v) is 3.77. The predicted molar refractivity (Wildman–Crippen MR) is 86.0 cm³/mol. The molecule has 0 aromatic carbocycles. The van der Waals surface area contributed by atoms with Crippen LogP contribution < -0.4 is 5.32 Å². The van der Waals surface area contributed by atoms with Crippen molar-refractivity contribution >= 4 is 0 Å². The second-order valence-electron chi connectivity index (χ2n) is 8.30. The Hall–Kier alpha value is -0.0800. The average molecular weight is 281 g/mol. The third-order valence-electron chi connectivity index (χ3n) is 5.92. The van der Waals surface area contributed by atoms with E-state index in [1.54, 1.807) is 0 Å². The van der Waals surface area contributed by atoms with Crippen LogP contribution in [0.4, 0.5) is 0 Å². The summed E-state index contributed by atoms with van der Waals surface area (Å²) < 4.78 is 6.10. The van der Waals surface area contributed by atoms with Crippen LogP contribution in [-0.2, 0) is 4.74 Å². The van der Waals surface area contributed by atoms with E-state index in [0.29, 0.717) is 11.5 Å². The van der Waals surface area contributed by atoms with Gasteiger partial charge in [0.05, 0.1) is 5.60 Å². The molecular weight excluding hydrogens is 246 g/mol. The minimum atomic E-state index is 0.279. The lowest BCUT2D eigenvalue weighted by atomic mass is 9.68. The van der Waals surface area contributed by atoms with Gasteiger partial charge in [-0.3, -0.25) is 0 Å². The first kappa shape index (κ1) is 16.3. The summed E-state index contributed by atoms with van der Waals surface area (Å²) in [6.45, 7) is 13.9. The minimum absolute atomic E-state index is 0.279. The van der Waals surface area contributed by atoms with Crippen molar-refractivity contribution in [3.05, 3.63) is 0 Å². The highest BCUT2D eigenvalue weighted by molar-refractivity contribution is 4.97. The first-order chi connectivity index (χ1) is 9.36. The maximum Gasteiger partial charge on any atom is 0.0685 e. The van der Waals surface area contributed by atoms with Crippen molar-refractivity contribution < 1.29 is 4.74 Å². The topological polar surface area (TPSA) is 21.3 Å². The zero-order valence-corrected chi connectivity index (χ0v) is 14.3. The Morgan fingerprint density at radius 3 is 2.50 bits per heavy atom. The van der Waals surface area contributed by atoms with Crippen molar-refractivity contribution in [2.45, 2.75) is 84.8 Å². The van der Waals surface area contributed by atoms with Crippen LogP contribution in [0.1, 0.15) is 73.1 Å². The molecule has 1 N–H and O–H groups in total. The molecule has 0 radical (unpaired) electrons. The molecule has 0 aromatic heterocycles. The van der Waals surface area contributed by atoms with Crippen LogP contribution in [0, 0.1) is 17.3 Å². The van der Waals surface area contributed by atoms with E-state index in [0.717, 1.165) is 25.0 Å². The van der Waals surface area contributed by atoms with E-state index in [4.69, 9.17) is 4.74 Å². The quantitative estimate of drug-likeness (QED) is 0.807. The number of rotatable bonds is 5. The zero-order chi connectivity index (χ0) is 14.8. The molecule has 2 aliphatic rings. The molecule has 2 rings (SSSR count). The van der Waals surface area contributed by atoms with Gasteiger partial charge in [-0.05, 0) is 62.3 Å². The molecule has 0 aromatic rings. The molecule has 1 saturated heterocycles. The van der Waals surface area contributed by atoms with Crippen LogP contribution in [0.5, 0.6) is 0 Å². The van der Waals surface area contributed by atoms with Crippen LogP contribution in [0.15, 0.2) is 0 Å². The van der Waals surface area contributed by atoms with Gasteiger partial charge in [-0.25, -0.2) is 0 Å². The standard InChI is InChI=1S/C18H35NO/c1-6-19-16(12-14(2)17(3,4)5)15-8-11-20-18(13-15)9-7-10-18/h14-16,19H,6-13H2,1-5H3. The van der Waals surface area contributed by atoms with Crippen LogP contribution >= 0.6 is 0 Å². The molecule has 2 nitrogen and oxygen atoms in total. The number of ether oxygens (including phenoxy) is 1. The molecule has 0 amide bonds. The number of nitrogens with one attached hydrogen (secondary N) is 1. The maximum absolute atomic E-state index is 6.10. The summed E-state index contributed by atoms with van der Waals surface area (Å²) in [7, 11) is 0. The number of hydrogen-bond donors (Lipinski definition) is 1. The molecule has 1 saturated carbocycles. The van der Waals surface area contributed by atoms with Crippen molar-refractivity contribution in [1.82, 2.24) is 5.32 Å². The highest BCUT2D eigenvalue weighted by Gasteiger charge is 2.44. The van der Waals surface area contributed by atoms with Gasteiger partial charge in [0.2, 0.25) is 0 Å². The number of hydrogen-bond acceptors (Lipinski definition) is 2. The molecule has 0 bridgehead atoms. The molecule has 3 unspecified atom stereocenters. The van der Waals surface area contributed by atoms with Gasteiger partial charge in [0.15, 0.2) is 0 Å². The maximum atomic E-state index is 6.10. The smallest absolute Gasteiger partial charge is 0.0685 e. The summed E-state index contributed by atoms with van der Waals surface area (Å²) in [5.74, 6) is 1.57. The Balaban J connectivity index is 1.96. The Bertz CT molecular complexity index is 303. The van der Waals surface area contributed by atoms with Crippen molar-refractivity contribution in [2.24, 2.45) is 17.3 Å². The minimum Gasteiger partial charge on any atom is -0.375 e. The first-order valence-electron chi connectivity index (χ1n) is 8.74. The van der Waals surface area contributed by atoms with Gasteiger partial charge in [-0.1, -0.05) is 34.6 Å². The van der Waals surface area contributed by atoms with E-state index >= 15 is 0 Å². The highest BCUT2D eigenvalue weighted by Crippen LogP contribution is 2.46. The summed E-state index contributed by atoms with van der Waals surface area (Å²) in [5.41, 5.74) is 0.689. The second kappa shape index (κ2) is 6.36. The summed E-state index contributed by atoms with van der Waals surface area (Å²) in [6.07, 6.45) is 7.82. The molecule has 1 heterocycles. The van der Waals surface area contributed by atoms with E-state index in [1.807, 2.05) is 0 Å². The Morgan fingerprint density at radius 1 is 1.30 bits per heavy atom. The molecule has 3 atom stereocenters. The summed E-state index contributed by atoms with van der Waals surface area (Å²) >= 11 is 0. The van der Waals surface area contributed by atoms with Gasteiger partial charge in [0.25, 0.3) is 0 Å². The molecule has 1 aliphatic carbocycles. The summed E-state index contributed by atoms with van der Waals surface area (Å²) in [5, 5.41) is 3.79. The molecule has 2 fully saturated rings. The van der Waals surface area contributed by atoms with Gasteiger partial charge >= 0.3 is 0 Å². The Labute approximate surface area is 126 Å². The molecule has 118 valence electrons. The van der Waals surface area contributed by atoms with Gasteiger partial charge in [0, 0.05) is 12.6 Å². The molecule has 20 heavy (non-hydrogen) atoms. The highest BCUT2D eigenvalue weighted by atomic mass is 16.5. The van der Waals surface area contributed by atoms with Crippen molar-refractivity contribution in [3.63, 3.8) is 0 Å². The van der Waals surface area contributed by atoms with Crippen LogP contribution in [0.25, 0.3) is 0 Å². The van der Waals surface area contributed by atoms with E-state index < -0.39 is 0 Å². The third-order valence-corrected chi connectivity index (χ3v) is 5.92. The van der Waals surface area contributed by atoms with Crippen LogP contribution in [0.3, 0.4) is 0 Å². The lowest BCUT2D eigenvalue weighted by molar-refractivity contribution is -0.148. The Kier molecular flexibility index (Phi) is 5.18. The lowest BCUT2D eigenvalue weighted by Gasteiger charge is -2.49. The van der Waals surface area contributed by atoms with Gasteiger partial charge in [0.1, 0.15) is 0 Å². The molecule has 1 aliphatic heterocycles. The lowest BCUT2D eigenvalue weighted by Crippen LogP contribution is -2.51. The summed E-state index contributed by atoms with van der Waals surface area (Å²) in [6, 6.07) is 0.676. The van der Waals surface area contributed by atoms with Crippen molar-refractivity contribution in [2.75, 3.05) is 13.2 Å². The van der Waals surface area contributed by atoms with E-state index in [1.165, 1.54) is 38.5 Å². The second-order valence-corrected chi connectivity index (χ2v) is 8.30. The van der Waals surface area contributed by atoms with E-state index in [2.05, 4.69) is 39.9 Å².